The van der Waals surface area contributed by atoms with E-state index in [-0.39, 0.29) is 0 Å². The van der Waals surface area contributed by atoms with E-state index in [9.17, 15) is 0 Å². The summed E-state index contributed by atoms with van der Waals surface area (Å²) in [4.78, 5) is 7.24. The Kier molecular flexibility index (Phi) is 5.58. The van der Waals surface area contributed by atoms with Gasteiger partial charge >= 0.3 is 0 Å². The largest absolute Gasteiger partial charge is 0.309 e. The van der Waals surface area contributed by atoms with Crippen LogP contribution >= 0.6 is 0 Å². The molecule has 3 nitrogen and oxygen atoms in total. The summed E-state index contributed by atoms with van der Waals surface area (Å²) < 4.78 is 0. The molecule has 0 saturated carbocycles. The fourth-order valence-corrected chi connectivity index (χ4v) is 2.32. The maximum atomic E-state index is 2.50. The fourth-order valence-electron chi connectivity index (χ4n) is 2.32. The van der Waals surface area contributed by atoms with Gasteiger partial charge in [-0.3, -0.25) is 0 Å². The van der Waals surface area contributed by atoms with Crippen LogP contribution in [0.5, 0.6) is 0 Å². The molecule has 0 unspecified atom stereocenters. The number of nitrogens with zero attached hydrogens (tertiary/aromatic N) is 3. The Bertz CT molecular complexity index is 170. The lowest BCUT2D eigenvalue weighted by atomic mass is 10.2. The van der Waals surface area contributed by atoms with Crippen molar-refractivity contribution >= 4 is 0 Å². The normalized spacial score (nSPS) is 23.2. The van der Waals surface area contributed by atoms with E-state index in [1.54, 1.807) is 0 Å². The molecular weight excluding hydrogens is 186 g/mol. The van der Waals surface area contributed by atoms with Gasteiger partial charge in [0.2, 0.25) is 0 Å². The van der Waals surface area contributed by atoms with Crippen LogP contribution in [-0.4, -0.2) is 75.1 Å². The van der Waals surface area contributed by atoms with E-state index < -0.39 is 0 Å². The molecule has 0 aliphatic carbocycles. The van der Waals surface area contributed by atoms with Gasteiger partial charge in [0.05, 0.1) is 0 Å². The molecule has 0 aromatic rings. The highest BCUT2D eigenvalue weighted by molar-refractivity contribution is 4.78. The SMILES string of the molecule is CN(C)CCCN(C)C[C@@H]1CCCN1C. The molecule has 0 aromatic carbocycles. The van der Waals surface area contributed by atoms with E-state index in [2.05, 4.69) is 42.9 Å². The zero-order chi connectivity index (χ0) is 11.3. The number of rotatable bonds is 6. The van der Waals surface area contributed by atoms with Crippen molar-refractivity contribution in [2.24, 2.45) is 0 Å². The summed E-state index contributed by atoms with van der Waals surface area (Å²) in [5.74, 6) is 0. The van der Waals surface area contributed by atoms with Crippen molar-refractivity contribution < 1.29 is 0 Å². The van der Waals surface area contributed by atoms with Crippen LogP contribution in [0.1, 0.15) is 19.3 Å². The minimum absolute atomic E-state index is 0.800. The highest BCUT2D eigenvalue weighted by atomic mass is 15.2. The molecule has 0 spiro atoms. The Morgan fingerprint density at radius 1 is 1.20 bits per heavy atom. The van der Waals surface area contributed by atoms with Crippen LogP contribution in [0.2, 0.25) is 0 Å². The van der Waals surface area contributed by atoms with E-state index >= 15 is 0 Å². The molecule has 0 amide bonds. The Morgan fingerprint density at radius 3 is 2.47 bits per heavy atom. The molecule has 1 aliphatic heterocycles. The molecule has 1 heterocycles. The Morgan fingerprint density at radius 2 is 1.93 bits per heavy atom. The van der Waals surface area contributed by atoms with E-state index in [0.29, 0.717) is 0 Å². The Hall–Kier alpha value is -0.120. The Labute approximate surface area is 95.0 Å². The van der Waals surface area contributed by atoms with Gasteiger partial charge in [0.15, 0.2) is 0 Å². The first kappa shape index (κ1) is 12.9. The molecule has 1 rings (SSSR count). The smallest absolute Gasteiger partial charge is 0.0220 e. The summed E-state index contributed by atoms with van der Waals surface area (Å²) in [6.45, 7) is 4.95. The van der Waals surface area contributed by atoms with Gasteiger partial charge in [-0.25, -0.2) is 0 Å². The van der Waals surface area contributed by atoms with Gasteiger partial charge in [-0.05, 0) is 67.1 Å². The van der Waals surface area contributed by atoms with Crippen molar-refractivity contribution in [1.29, 1.82) is 0 Å². The lowest BCUT2D eigenvalue weighted by Crippen LogP contribution is -2.37. The monoisotopic (exact) mass is 213 g/mol. The van der Waals surface area contributed by atoms with Gasteiger partial charge in [-0.2, -0.15) is 0 Å². The highest BCUT2D eigenvalue weighted by Gasteiger charge is 2.21. The van der Waals surface area contributed by atoms with E-state index in [1.807, 2.05) is 0 Å². The maximum absolute atomic E-state index is 2.50. The average Bonchev–Trinajstić information content (AvgIpc) is 2.51. The molecule has 15 heavy (non-hydrogen) atoms. The van der Waals surface area contributed by atoms with Gasteiger partial charge in [0, 0.05) is 12.6 Å². The van der Waals surface area contributed by atoms with Crippen LogP contribution < -0.4 is 0 Å². The average molecular weight is 213 g/mol. The molecule has 1 fully saturated rings. The van der Waals surface area contributed by atoms with Crippen molar-refractivity contribution in [2.45, 2.75) is 25.3 Å². The number of likely N-dealkylation sites (tertiary alicyclic amines) is 1. The van der Waals surface area contributed by atoms with Gasteiger partial charge in [-0.1, -0.05) is 0 Å². The van der Waals surface area contributed by atoms with Gasteiger partial charge in [0.25, 0.3) is 0 Å². The third kappa shape index (κ3) is 4.96. The number of hydrogen-bond donors (Lipinski definition) is 0. The molecule has 90 valence electrons. The van der Waals surface area contributed by atoms with Gasteiger partial charge < -0.3 is 14.7 Å². The molecule has 1 saturated heterocycles. The second-order valence-electron chi connectivity index (χ2n) is 5.20. The third-order valence-corrected chi connectivity index (χ3v) is 3.34. The first-order chi connectivity index (χ1) is 7.09. The molecule has 0 N–H and O–H groups in total. The molecule has 0 bridgehead atoms. The first-order valence-electron chi connectivity index (χ1n) is 6.13. The molecular formula is C12H27N3. The van der Waals surface area contributed by atoms with Crippen LogP contribution in [0.15, 0.2) is 0 Å². The van der Waals surface area contributed by atoms with Crippen LogP contribution in [0.4, 0.5) is 0 Å². The predicted octanol–water partition coefficient (Wildman–Crippen LogP) is 0.964. The zero-order valence-electron chi connectivity index (χ0n) is 10.9. The fraction of sp³-hybridized carbons (Fsp3) is 1.00. The Balaban J connectivity index is 2.09. The second kappa shape index (κ2) is 6.46. The molecule has 1 aliphatic rings. The maximum Gasteiger partial charge on any atom is 0.0220 e. The summed E-state index contributed by atoms with van der Waals surface area (Å²) in [7, 11) is 8.79. The van der Waals surface area contributed by atoms with E-state index in [0.717, 1.165) is 6.04 Å². The van der Waals surface area contributed by atoms with Crippen LogP contribution in [0.3, 0.4) is 0 Å². The van der Waals surface area contributed by atoms with Gasteiger partial charge in [-0.15, -0.1) is 0 Å². The zero-order valence-corrected chi connectivity index (χ0v) is 10.9. The van der Waals surface area contributed by atoms with Crippen molar-refractivity contribution in [3.63, 3.8) is 0 Å². The van der Waals surface area contributed by atoms with Crippen molar-refractivity contribution in [2.75, 3.05) is 54.4 Å². The van der Waals surface area contributed by atoms with Crippen molar-refractivity contribution in [3.05, 3.63) is 0 Å². The second-order valence-corrected chi connectivity index (χ2v) is 5.20. The third-order valence-electron chi connectivity index (χ3n) is 3.34. The molecule has 3 heteroatoms. The van der Waals surface area contributed by atoms with Crippen molar-refractivity contribution in [3.8, 4) is 0 Å². The van der Waals surface area contributed by atoms with Gasteiger partial charge in [0.1, 0.15) is 0 Å². The van der Waals surface area contributed by atoms with Crippen LogP contribution in [0.25, 0.3) is 0 Å². The quantitative estimate of drug-likeness (QED) is 0.651. The molecule has 1 atom stereocenters. The minimum atomic E-state index is 0.800. The van der Waals surface area contributed by atoms with E-state index in [1.165, 1.54) is 45.4 Å². The summed E-state index contributed by atoms with van der Waals surface area (Å²) in [5, 5.41) is 0. The molecule has 0 aromatic heterocycles. The summed E-state index contributed by atoms with van der Waals surface area (Å²) >= 11 is 0. The first-order valence-corrected chi connectivity index (χ1v) is 6.13. The lowest BCUT2D eigenvalue weighted by Gasteiger charge is -2.26. The van der Waals surface area contributed by atoms with Crippen LogP contribution in [-0.2, 0) is 0 Å². The predicted molar refractivity (Wildman–Crippen MR) is 66.3 cm³/mol. The topological polar surface area (TPSA) is 9.72 Å². The lowest BCUT2D eigenvalue weighted by molar-refractivity contribution is 0.213. The number of likely N-dealkylation sites (N-methyl/N-ethyl adjacent to an activating group) is 2. The summed E-state index contributed by atoms with van der Waals surface area (Å²) in [6.07, 6.45) is 4.04. The van der Waals surface area contributed by atoms with Crippen molar-refractivity contribution in [1.82, 2.24) is 14.7 Å². The van der Waals surface area contributed by atoms with Crippen LogP contribution in [0, 0.1) is 0 Å². The number of hydrogen-bond acceptors (Lipinski definition) is 3. The summed E-state index contributed by atoms with van der Waals surface area (Å²) in [6, 6.07) is 0.800. The standard InChI is InChI=1S/C12H27N3/c1-13(2)8-6-9-14(3)11-12-7-5-10-15(12)4/h12H,5-11H2,1-4H3/t12-/m0/s1. The highest BCUT2D eigenvalue weighted by Crippen LogP contribution is 2.15. The molecule has 0 radical (unpaired) electrons. The summed E-state index contributed by atoms with van der Waals surface area (Å²) in [5.41, 5.74) is 0. The minimum Gasteiger partial charge on any atom is -0.309 e. The van der Waals surface area contributed by atoms with E-state index in [4.69, 9.17) is 0 Å².